The van der Waals surface area contributed by atoms with E-state index in [-0.39, 0.29) is 11.9 Å². The summed E-state index contributed by atoms with van der Waals surface area (Å²) in [4.78, 5) is 14.7. The predicted octanol–water partition coefficient (Wildman–Crippen LogP) is 8.94. The molecule has 0 aromatic heterocycles. The van der Waals surface area contributed by atoms with Crippen molar-refractivity contribution in [1.29, 1.82) is 0 Å². The van der Waals surface area contributed by atoms with Crippen LogP contribution in [0.3, 0.4) is 0 Å². The molecule has 2 aromatic rings. The highest BCUT2D eigenvalue weighted by Gasteiger charge is 2.30. The van der Waals surface area contributed by atoms with Gasteiger partial charge in [0.15, 0.2) is 0 Å². The summed E-state index contributed by atoms with van der Waals surface area (Å²) in [6, 6.07) is 13.0. The Hall–Kier alpha value is -2.34. The molecule has 0 radical (unpaired) electrons. The summed E-state index contributed by atoms with van der Waals surface area (Å²) < 4.78 is 38.6. The van der Waals surface area contributed by atoms with Crippen LogP contribution in [0.1, 0.15) is 118 Å². The summed E-state index contributed by atoms with van der Waals surface area (Å²) in [5, 5.41) is 3.02. The average molecular weight is 519 g/mol. The molecule has 1 N–H and O–H groups in total. The van der Waals surface area contributed by atoms with Crippen molar-refractivity contribution in [3.63, 3.8) is 0 Å². The van der Waals surface area contributed by atoms with Crippen LogP contribution in [-0.4, -0.2) is 23.9 Å². The van der Waals surface area contributed by atoms with Crippen molar-refractivity contribution in [2.24, 2.45) is 0 Å². The zero-order chi connectivity index (χ0) is 27.1. The molecule has 2 rings (SSSR count). The van der Waals surface area contributed by atoms with Gasteiger partial charge in [-0.25, -0.2) is 0 Å². The quantitative estimate of drug-likeness (QED) is 0.212. The number of alkyl halides is 3. The second kappa shape index (κ2) is 16.5. The second-order valence-electron chi connectivity index (χ2n) is 9.99. The summed E-state index contributed by atoms with van der Waals surface area (Å²) in [6.07, 6.45) is 8.38. The SMILES string of the molecule is CCCCCCCCCCCCNC(=O)c1ccc(CN(CC)C(C)c2ccc(C(F)(F)F)cc2)cc1. The molecule has 0 fully saturated rings. The fraction of sp³-hybridized carbons (Fsp3) is 0.581. The first kappa shape index (κ1) is 30.9. The van der Waals surface area contributed by atoms with Gasteiger partial charge in [-0.3, -0.25) is 9.69 Å². The number of unbranched alkanes of at least 4 members (excludes halogenated alkanes) is 9. The highest BCUT2D eigenvalue weighted by atomic mass is 19.4. The molecule has 0 saturated carbocycles. The minimum atomic E-state index is -4.33. The Morgan fingerprint density at radius 3 is 1.86 bits per heavy atom. The number of carbonyl (C=O) groups excluding carboxylic acids is 1. The standard InChI is InChI=1S/C31H45F3N2O/c1-4-6-7-8-9-10-11-12-13-14-23-35-30(37)28-17-15-26(16-18-28)24-36(5-2)25(3)27-19-21-29(22-20-27)31(32,33)34/h15-22,25H,4-14,23-24H2,1-3H3,(H,35,37). The number of nitrogens with one attached hydrogen (secondary N) is 1. The van der Waals surface area contributed by atoms with Crippen molar-refractivity contribution >= 4 is 5.91 Å². The van der Waals surface area contributed by atoms with Gasteiger partial charge in [0.25, 0.3) is 5.91 Å². The molecule has 2 aromatic carbocycles. The van der Waals surface area contributed by atoms with E-state index in [1.807, 2.05) is 38.1 Å². The maximum absolute atomic E-state index is 12.9. The third-order valence-electron chi connectivity index (χ3n) is 7.09. The zero-order valence-corrected chi connectivity index (χ0v) is 22.9. The van der Waals surface area contributed by atoms with Crippen LogP contribution in [0.2, 0.25) is 0 Å². The number of hydrogen-bond donors (Lipinski definition) is 1. The highest BCUT2D eigenvalue weighted by molar-refractivity contribution is 5.94. The van der Waals surface area contributed by atoms with Crippen molar-refractivity contribution in [2.45, 2.75) is 104 Å². The molecule has 37 heavy (non-hydrogen) atoms. The Kier molecular flexibility index (Phi) is 13.8. The molecule has 0 heterocycles. The summed E-state index contributed by atoms with van der Waals surface area (Å²) >= 11 is 0. The third kappa shape index (κ3) is 11.3. The van der Waals surface area contributed by atoms with Gasteiger partial charge in [-0.05, 0) is 55.3 Å². The lowest BCUT2D eigenvalue weighted by Crippen LogP contribution is -2.27. The van der Waals surface area contributed by atoms with E-state index in [2.05, 4.69) is 17.1 Å². The van der Waals surface area contributed by atoms with Crippen LogP contribution in [0.5, 0.6) is 0 Å². The number of amides is 1. The first-order valence-corrected chi connectivity index (χ1v) is 14.0. The zero-order valence-electron chi connectivity index (χ0n) is 22.9. The monoisotopic (exact) mass is 518 g/mol. The Balaban J connectivity index is 1.72. The Bertz CT molecular complexity index is 894. The van der Waals surface area contributed by atoms with Gasteiger partial charge in [-0.15, -0.1) is 0 Å². The normalized spacial score (nSPS) is 12.6. The van der Waals surface area contributed by atoms with Crippen LogP contribution in [0, 0.1) is 0 Å². The van der Waals surface area contributed by atoms with Crippen molar-refractivity contribution in [3.05, 3.63) is 70.8 Å². The van der Waals surface area contributed by atoms with Crippen LogP contribution in [0.4, 0.5) is 13.2 Å². The second-order valence-corrected chi connectivity index (χ2v) is 9.99. The molecule has 0 aliphatic carbocycles. The molecule has 1 atom stereocenters. The minimum Gasteiger partial charge on any atom is -0.352 e. The van der Waals surface area contributed by atoms with Crippen LogP contribution in [0.15, 0.2) is 48.5 Å². The number of carbonyl (C=O) groups is 1. The van der Waals surface area contributed by atoms with E-state index in [1.165, 1.54) is 51.4 Å². The lowest BCUT2D eigenvalue weighted by atomic mass is 10.0. The van der Waals surface area contributed by atoms with Gasteiger partial charge < -0.3 is 5.32 Å². The number of hydrogen-bond acceptors (Lipinski definition) is 2. The van der Waals surface area contributed by atoms with E-state index in [1.54, 1.807) is 12.1 Å². The maximum Gasteiger partial charge on any atom is 0.416 e. The van der Waals surface area contributed by atoms with Gasteiger partial charge in [0.1, 0.15) is 0 Å². The average Bonchev–Trinajstić information content (AvgIpc) is 2.89. The molecule has 0 saturated heterocycles. The van der Waals surface area contributed by atoms with Crippen LogP contribution in [-0.2, 0) is 12.7 Å². The summed E-state index contributed by atoms with van der Waals surface area (Å²) in [5.74, 6) is -0.0482. The fourth-order valence-electron chi connectivity index (χ4n) is 4.60. The lowest BCUT2D eigenvalue weighted by Gasteiger charge is -2.28. The number of halogens is 3. The molecule has 0 spiro atoms. The van der Waals surface area contributed by atoms with E-state index in [4.69, 9.17) is 0 Å². The molecule has 0 aliphatic rings. The fourth-order valence-corrected chi connectivity index (χ4v) is 4.60. The predicted molar refractivity (Wildman–Crippen MR) is 147 cm³/mol. The van der Waals surface area contributed by atoms with Gasteiger partial charge in [-0.1, -0.05) is 95.9 Å². The Labute approximate surface area is 221 Å². The maximum atomic E-state index is 12.9. The van der Waals surface area contributed by atoms with Crippen molar-refractivity contribution in [1.82, 2.24) is 10.2 Å². The molecule has 1 amide bonds. The van der Waals surface area contributed by atoms with E-state index >= 15 is 0 Å². The third-order valence-corrected chi connectivity index (χ3v) is 7.09. The Morgan fingerprint density at radius 2 is 1.35 bits per heavy atom. The number of nitrogens with zero attached hydrogens (tertiary/aromatic N) is 1. The van der Waals surface area contributed by atoms with E-state index in [0.29, 0.717) is 18.7 Å². The van der Waals surface area contributed by atoms with Crippen LogP contribution < -0.4 is 5.32 Å². The van der Waals surface area contributed by atoms with Gasteiger partial charge >= 0.3 is 6.18 Å². The number of rotatable bonds is 17. The Morgan fingerprint density at radius 1 is 0.811 bits per heavy atom. The van der Waals surface area contributed by atoms with Gasteiger partial charge in [0.2, 0.25) is 0 Å². The molecule has 206 valence electrons. The topological polar surface area (TPSA) is 32.3 Å². The van der Waals surface area contributed by atoms with Crippen LogP contribution >= 0.6 is 0 Å². The molecule has 6 heteroatoms. The molecule has 0 aliphatic heterocycles. The first-order valence-electron chi connectivity index (χ1n) is 14.0. The van der Waals surface area contributed by atoms with Gasteiger partial charge in [0.05, 0.1) is 5.56 Å². The van der Waals surface area contributed by atoms with Gasteiger partial charge in [0, 0.05) is 24.7 Å². The first-order chi connectivity index (χ1) is 17.8. The van der Waals surface area contributed by atoms with E-state index < -0.39 is 11.7 Å². The lowest BCUT2D eigenvalue weighted by molar-refractivity contribution is -0.137. The summed E-state index contributed by atoms with van der Waals surface area (Å²) in [6.45, 7) is 8.39. The smallest absolute Gasteiger partial charge is 0.352 e. The van der Waals surface area contributed by atoms with Crippen molar-refractivity contribution in [3.8, 4) is 0 Å². The van der Waals surface area contributed by atoms with Crippen LogP contribution in [0.25, 0.3) is 0 Å². The molecule has 1 unspecified atom stereocenters. The molecule has 3 nitrogen and oxygen atoms in total. The number of benzene rings is 2. The van der Waals surface area contributed by atoms with Gasteiger partial charge in [-0.2, -0.15) is 13.2 Å². The van der Waals surface area contributed by atoms with Crippen molar-refractivity contribution in [2.75, 3.05) is 13.1 Å². The van der Waals surface area contributed by atoms with Crippen molar-refractivity contribution < 1.29 is 18.0 Å². The molecular weight excluding hydrogens is 473 g/mol. The van der Waals surface area contributed by atoms with E-state index in [0.717, 1.165) is 42.6 Å². The molecule has 0 bridgehead atoms. The summed E-state index contributed by atoms with van der Waals surface area (Å²) in [7, 11) is 0. The minimum absolute atomic E-state index is 0.0312. The molecular formula is C31H45F3N2O. The van der Waals surface area contributed by atoms with E-state index in [9.17, 15) is 18.0 Å². The summed E-state index contributed by atoms with van der Waals surface area (Å²) in [5.41, 5.74) is 1.92. The highest BCUT2D eigenvalue weighted by Crippen LogP contribution is 2.31. The largest absolute Gasteiger partial charge is 0.416 e.